The van der Waals surface area contributed by atoms with Gasteiger partial charge in [0.25, 0.3) is 0 Å². The van der Waals surface area contributed by atoms with Gasteiger partial charge in [-0.3, -0.25) is 14.7 Å². The molecular weight excluding hydrogens is 394 g/mol. The lowest BCUT2D eigenvalue weighted by Crippen LogP contribution is -2.39. The average molecular weight is 428 g/mol. The molecule has 3 rings (SSSR count). The van der Waals surface area contributed by atoms with Gasteiger partial charge >= 0.3 is 0 Å². The molecule has 1 aromatic carbocycles. The second-order valence-corrected chi connectivity index (χ2v) is 8.53. The summed E-state index contributed by atoms with van der Waals surface area (Å²) in [6, 6.07) is 12.7. The number of amides is 1. The summed E-state index contributed by atoms with van der Waals surface area (Å²) in [6.45, 7) is 8.35. The van der Waals surface area contributed by atoms with Crippen LogP contribution < -0.4 is 16.0 Å². The predicted molar refractivity (Wildman–Crippen MR) is 126 cm³/mol. The summed E-state index contributed by atoms with van der Waals surface area (Å²) in [6.07, 6.45) is 3.46. The summed E-state index contributed by atoms with van der Waals surface area (Å²) in [5.41, 5.74) is 2.05. The van der Waals surface area contributed by atoms with Crippen molar-refractivity contribution in [1.82, 2.24) is 15.5 Å². The van der Waals surface area contributed by atoms with Crippen LogP contribution in [0.3, 0.4) is 0 Å². The number of carbonyl (C=O) groups excluding carboxylic acids is 1. The zero-order valence-electron chi connectivity index (χ0n) is 18.0. The smallest absolute Gasteiger partial charge is 0.221 e. The summed E-state index contributed by atoms with van der Waals surface area (Å²) in [4.78, 5) is 20.0. The molecule has 0 aliphatic carbocycles. The van der Waals surface area contributed by atoms with Crippen LogP contribution in [-0.4, -0.2) is 49.5 Å². The van der Waals surface area contributed by atoms with Crippen LogP contribution in [-0.2, 0) is 11.2 Å². The van der Waals surface area contributed by atoms with E-state index >= 15 is 0 Å². The van der Waals surface area contributed by atoms with Crippen molar-refractivity contribution in [3.63, 3.8) is 0 Å². The Morgan fingerprint density at radius 2 is 1.93 bits per heavy atom. The van der Waals surface area contributed by atoms with Crippen LogP contribution in [0, 0.1) is 0 Å². The van der Waals surface area contributed by atoms with Gasteiger partial charge < -0.3 is 16.0 Å². The maximum atomic E-state index is 11.1. The number of aliphatic imine (C=N–C) groups is 1. The first-order valence-electron chi connectivity index (χ1n) is 10.8. The Labute approximate surface area is 183 Å². The molecule has 1 unspecified atom stereocenters. The Morgan fingerprint density at radius 1 is 1.17 bits per heavy atom. The molecule has 1 amide bonds. The summed E-state index contributed by atoms with van der Waals surface area (Å²) in [7, 11) is 0. The fourth-order valence-electron chi connectivity index (χ4n) is 3.72. The fraction of sp³-hybridized carbons (Fsp3) is 0.478. The number of anilines is 1. The third kappa shape index (κ3) is 6.85. The molecular formula is C23H33N5OS. The molecule has 0 spiro atoms. The third-order valence-corrected chi connectivity index (χ3v) is 6.17. The Hall–Kier alpha value is -2.38. The quantitative estimate of drug-likeness (QED) is 0.422. The predicted octanol–water partition coefficient (Wildman–Crippen LogP) is 3.64. The standard InChI is InChI=1S/C23H33N5OS/c1-3-24-23(25-13-12-19-8-10-20(11-9-19)27-18(2)29)26-17-21(22-7-6-16-30-22)28-14-4-5-15-28/h6-11,16,21H,3-5,12-15,17H2,1-2H3,(H,27,29)(H2,24,25,26). The van der Waals surface area contributed by atoms with Gasteiger partial charge in [-0.15, -0.1) is 11.3 Å². The number of nitrogens with one attached hydrogen (secondary N) is 3. The normalized spacial score (nSPS) is 15.7. The molecule has 162 valence electrons. The first-order valence-corrected chi connectivity index (χ1v) is 11.7. The highest BCUT2D eigenvalue weighted by Crippen LogP contribution is 2.28. The molecule has 1 fully saturated rings. The number of thiophene rings is 1. The van der Waals surface area contributed by atoms with Crippen LogP contribution in [0.5, 0.6) is 0 Å². The average Bonchev–Trinajstić information content (AvgIpc) is 3.44. The number of carbonyl (C=O) groups is 1. The first-order chi connectivity index (χ1) is 14.7. The van der Waals surface area contributed by atoms with Crippen molar-refractivity contribution < 1.29 is 4.79 Å². The van der Waals surface area contributed by atoms with E-state index in [9.17, 15) is 4.79 Å². The van der Waals surface area contributed by atoms with Gasteiger partial charge in [0.15, 0.2) is 5.96 Å². The molecule has 2 heterocycles. The van der Waals surface area contributed by atoms with E-state index in [4.69, 9.17) is 4.99 Å². The molecule has 1 aliphatic rings. The third-order valence-electron chi connectivity index (χ3n) is 5.20. The van der Waals surface area contributed by atoms with Gasteiger partial charge in [-0.05, 0) is 68.4 Å². The van der Waals surface area contributed by atoms with Crippen molar-refractivity contribution >= 4 is 28.9 Å². The van der Waals surface area contributed by atoms with E-state index in [0.717, 1.165) is 50.8 Å². The van der Waals surface area contributed by atoms with Crippen LogP contribution in [0.25, 0.3) is 0 Å². The van der Waals surface area contributed by atoms with Crippen molar-refractivity contribution in [2.45, 2.75) is 39.2 Å². The van der Waals surface area contributed by atoms with Gasteiger partial charge in [0.1, 0.15) is 0 Å². The van der Waals surface area contributed by atoms with E-state index < -0.39 is 0 Å². The maximum Gasteiger partial charge on any atom is 0.221 e. The minimum atomic E-state index is -0.0503. The number of rotatable bonds is 9. The van der Waals surface area contributed by atoms with Crippen molar-refractivity contribution in [1.29, 1.82) is 0 Å². The van der Waals surface area contributed by atoms with Gasteiger partial charge in [-0.25, -0.2) is 0 Å². The van der Waals surface area contributed by atoms with Crippen molar-refractivity contribution in [3.8, 4) is 0 Å². The van der Waals surface area contributed by atoms with Gasteiger partial charge in [0.2, 0.25) is 5.91 Å². The Balaban J connectivity index is 1.55. The van der Waals surface area contributed by atoms with Gasteiger partial charge in [0, 0.05) is 30.6 Å². The van der Waals surface area contributed by atoms with Crippen LogP contribution in [0.2, 0.25) is 0 Å². The minimum absolute atomic E-state index is 0.0503. The second kappa shape index (κ2) is 11.7. The van der Waals surface area contributed by atoms with Crippen molar-refractivity contribution in [3.05, 3.63) is 52.2 Å². The molecule has 0 saturated carbocycles. The lowest BCUT2D eigenvalue weighted by Gasteiger charge is -2.25. The number of likely N-dealkylation sites (tertiary alicyclic amines) is 1. The van der Waals surface area contributed by atoms with Gasteiger partial charge in [-0.1, -0.05) is 18.2 Å². The highest BCUT2D eigenvalue weighted by molar-refractivity contribution is 7.10. The lowest BCUT2D eigenvalue weighted by atomic mass is 10.1. The Bertz CT molecular complexity index is 798. The van der Waals surface area contributed by atoms with E-state index in [2.05, 4.69) is 57.4 Å². The maximum absolute atomic E-state index is 11.1. The number of hydrogen-bond acceptors (Lipinski definition) is 4. The van der Waals surface area contributed by atoms with E-state index in [0.29, 0.717) is 6.04 Å². The molecule has 7 heteroatoms. The molecule has 0 bridgehead atoms. The molecule has 3 N–H and O–H groups in total. The molecule has 6 nitrogen and oxygen atoms in total. The molecule has 1 saturated heterocycles. The second-order valence-electron chi connectivity index (χ2n) is 7.55. The van der Waals surface area contributed by atoms with E-state index in [1.165, 1.54) is 30.2 Å². The van der Waals surface area contributed by atoms with Crippen LogP contribution >= 0.6 is 11.3 Å². The zero-order chi connectivity index (χ0) is 21.2. The number of nitrogens with zero attached hydrogens (tertiary/aromatic N) is 2. The molecule has 0 radical (unpaired) electrons. The van der Waals surface area contributed by atoms with Crippen LogP contribution in [0.15, 0.2) is 46.8 Å². The van der Waals surface area contributed by atoms with Gasteiger partial charge in [0.05, 0.1) is 12.6 Å². The first kappa shape index (κ1) is 22.3. The summed E-state index contributed by atoms with van der Waals surface area (Å²) >= 11 is 1.82. The molecule has 1 atom stereocenters. The zero-order valence-corrected chi connectivity index (χ0v) is 18.8. The monoisotopic (exact) mass is 427 g/mol. The SMILES string of the molecule is CCNC(=NCC(c1cccs1)N1CCCC1)NCCc1ccc(NC(C)=O)cc1. The van der Waals surface area contributed by atoms with Crippen molar-refractivity contribution in [2.24, 2.45) is 4.99 Å². The summed E-state index contributed by atoms with van der Waals surface area (Å²) < 4.78 is 0. The molecule has 1 aromatic heterocycles. The summed E-state index contributed by atoms with van der Waals surface area (Å²) in [5, 5.41) is 11.8. The van der Waals surface area contributed by atoms with E-state index in [-0.39, 0.29) is 5.91 Å². The topological polar surface area (TPSA) is 68.8 Å². The number of guanidine groups is 1. The highest BCUT2D eigenvalue weighted by atomic mass is 32.1. The minimum Gasteiger partial charge on any atom is -0.357 e. The van der Waals surface area contributed by atoms with E-state index in [1.54, 1.807) is 0 Å². The number of benzene rings is 1. The Kier molecular flexibility index (Phi) is 8.71. The fourth-order valence-corrected chi connectivity index (χ4v) is 4.57. The summed E-state index contributed by atoms with van der Waals surface area (Å²) in [5.74, 6) is 0.818. The molecule has 30 heavy (non-hydrogen) atoms. The largest absolute Gasteiger partial charge is 0.357 e. The molecule has 2 aromatic rings. The van der Waals surface area contributed by atoms with Gasteiger partial charge in [-0.2, -0.15) is 0 Å². The number of hydrogen-bond donors (Lipinski definition) is 3. The highest BCUT2D eigenvalue weighted by Gasteiger charge is 2.24. The van der Waals surface area contributed by atoms with Crippen molar-refractivity contribution in [2.75, 3.05) is 38.0 Å². The lowest BCUT2D eigenvalue weighted by molar-refractivity contribution is -0.114. The van der Waals surface area contributed by atoms with Crippen LogP contribution in [0.4, 0.5) is 5.69 Å². The molecule has 1 aliphatic heterocycles. The van der Waals surface area contributed by atoms with E-state index in [1.807, 2.05) is 23.5 Å². The Morgan fingerprint density at radius 3 is 2.57 bits per heavy atom. The van der Waals surface area contributed by atoms with Crippen LogP contribution in [0.1, 0.15) is 43.2 Å².